The zero-order valence-electron chi connectivity index (χ0n) is 19.6. The second kappa shape index (κ2) is 9.79. The monoisotopic (exact) mass is 457 g/mol. The molecule has 0 aliphatic carbocycles. The van der Waals surface area contributed by atoms with E-state index in [0.717, 1.165) is 11.1 Å². The average molecular weight is 458 g/mol. The molecule has 7 heteroatoms. The second-order valence-corrected chi connectivity index (χ2v) is 8.23. The van der Waals surface area contributed by atoms with E-state index in [9.17, 15) is 9.59 Å². The molecule has 0 saturated heterocycles. The van der Waals surface area contributed by atoms with Gasteiger partial charge in [-0.25, -0.2) is 4.98 Å². The summed E-state index contributed by atoms with van der Waals surface area (Å²) in [6.07, 6.45) is 0. The number of amides is 2. The van der Waals surface area contributed by atoms with Crippen LogP contribution in [0, 0.1) is 20.8 Å². The van der Waals surface area contributed by atoms with Crippen molar-refractivity contribution in [3.63, 3.8) is 0 Å². The van der Waals surface area contributed by atoms with Crippen LogP contribution in [0.5, 0.6) is 0 Å². The molecule has 0 aliphatic heterocycles. The zero-order valence-corrected chi connectivity index (χ0v) is 19.6. The lowest BCUT2D eigenvalue weighted by Gasteiger charge is -2.11. The molecule has 2 aromatic heterocycles. The van der Waals surface area contributed by atoms with Gasteiger partial charge in [0.1, 0.15) is 23.0 Å². The number of benzene rings is 2. The van der Waals surface area contributed by atoms with Crippen molar-refractivity contribution in [2.75, 3.05) is 5.32 Å². The lowest BCUT2D eigenvalue weighted by Crippen LogP contribution is -2.27. The second-order valence-electron chi connectivity index (χ2n) is 8.23. The number of hydrogen-bond donors (Lipinski definition) is 2. The van der Waals surface area contributed by atoms with Gasteiger partial charge in [-0.15, -0.1) is 0 Å². The molecule has 0 unspecified atom stereocenters. The van der Waals surface area contributed by atoms with Crippen molar-refractivity contribution >= 4 is 17.5 Å². The number of nitrogens with zero attached hydrogens (tertiary/aromatic N) is 1. The van der Waals surface area contributed by atoms with Gasteiger partial charge >= 0.3 is 0 Å². The molecule has 0 bridgehead atoms. The van der Waals surface area contributed by atoms with E-state index in [2.05, 4.69) is 15.6 Å². The Bertz CT molecular complexity index is 1320. The fourth-order valence-corrected chi connectivity index (χ4v) is 3.72. The molecular weight excluding hydrogens is 430 g/mol. The lowest BCUT2D eigenvalue weighted by atomic mass is 10.0. The van der Waals surface area contributed by atoms with Crippen LogP contribution >= 0.6 is 0 Å². The van der Waals surface area contributed by atoms with Gasteiger partial charge in [0.2, 0.25) is 11.8 Å². The fraction of sp³-hybridized carbons (Fsp3) is 0.222. The van der Waals surface area contributed by atoms with Crippen LogP contribution < -0.4 is 10.6 Å². The van der Waals surface area contributed by atoms with Crippen LogP contribution in [0.1, 0.15) is 51.7 Å². The Morgan fingerprint density at radius 1 is 0.941 bits per heavy atom. The third-order valence-electron chi connectivity index (χ3n) is 5.67. The molecule has 0 aliphatic rings. The van der Waals surface area contributed by atoms with Crippen LogP contribution in [0.3, 0.4) is 0 Å². The van der Waals surface area contributed by atoms with Crippen LogP contribution in [-0.2, 0) is 11.3 Å². The minimum absolute atomic E-state index is 0.0790. The third-order valence-corrected chi connectivity index (χ3v) is 5.67. The lowest BCUT2D eigenvalue weighted by molar-refractivity contribution is -0.122. The molecule has 4 aromatic rings. The summed E-state index contributed by atoms with van der Waals surface area (Å²) in [5, 5.41) is 5.83. The number of carbonyl (C=O) groups is 2. The van der Waals surface area contributed by atoms with Gasteiger partial charge in [-0.1, -0.05) is 36.4 Å². The van der Waals surface area contributed by atoms with Gasteiger partial charge in [0.25, 0.3) is 5.91 Å². The highest BCUT2D eigenvalue weighted by Gasteiger charge is 2.18. The Morgan fingerprint density at radius 2 is 1.71 bits per heavy atom. The van der Waals surface area contributed by atoms with Gasteiger partial charge in [0, 0.05) is 11.3 Å². The topological polar surface area (TPSA) is 97.4 Å². The van der Waals surface area contributed by atoms with E-state index in [0.29, 0.717) is 40.1 Å². The molecule has 0 saturated carbocycles. The highest BCUT2D eigenvalue weighted by molar-refractivity contribution is 6.05. The highest BCUT2D eigenvalue weighted by atomic mass is 16.4. The minimum atomic E-state index is -0.268. The maximum absolute atomic E-state index is 12.6. The number of furan rings is 1. The third kappa shape index (κ3) is 5.09. The van der Waals surface area contributed by atoms with Gasteiger partial charge in [0.05, 0.1) is 18.0 Å². The van der Waals surface area contributed by atoms with Crippen molar-refractivity contribution in [3.05, 3.63) is 94.8 Å². The van der Waals surface area contributed by atoms with Crippen molar-refractivity contribution in [3.8, 4) is 11.5 Å². The van der Waals surface area contributed by atoms with Gasteiger partial charge in [-0.2, -0.15) is 0 Å². The molecule has 0 radical (unpaired) electrons. The Kier molecular flexibility index (Phi) is 6.63. The van der Waals surface area contributed by atoms with E-state index < -0.39 is 0 Å². The van der Waals surface area contributed by atoms with Gasteiger partial charge in [-0.3, -0.25) is 9.59 Å². The summed E-state index contributed by atoms with van der Waals surface area (Å²) in [7, 11) is 0. The molecule has 0 fully saturated rings. The number of nitrogens with one attached hydrogen (secondary N) is 2. The van der Waals surface area contributed by atoms with E-state index in [1.54, 1.807) is 32.0 Å². The van der Waals surface area contributed by atoms with Crippen molar-refractivity contribution in [2.24, 2.45) is 0 Å². The molecule has 2 N–H and O–H groups in total. The molecule has 2 amide bonds. The van der Waals surface area contributed by atoms with E-state index in [1.165, 1.54) is 0 Å². The molecule has 1 atom stereocenters. The number of rotatable bonds is 7. The maximum Gasteiger partial charge on any atom is 0.259 e. The summed E-state index contributed by atoms with van der Waals surface area (Å²) >= 11 is 0. The Hall–Kier alpha value is -4.13. The summed E-state index contributed by atoms with van der Waals surface area (Å²) in [4.78, 5) is 29.8. The van der Waals surface area contributed by atoms with Crippen LogP contribution in [0.25, 0.3) is 11.5 Å². The molecule has 7 nitrogen and oxygen atoms in total. The number of anilines is 1. The summed E-state index contributed by atoms with van der Waals surface area (Å²) in [5.74, 6) is 1.71. The average Bonchev–Trinajstić information content (AvgIpc) is 3.38. The number of aryl methyl sites for hydroxylation is 3. The van der Waals surface area contributed by atoms with Gasteiger partial charge < -0.3 is 19.5 Å². The normalized spacial score (nSPS) is 11.8. The number of hydrogen-bond acceptors (Lipinski definition) is 5. The van der Waals surface area contributed by atoms with Crippen LogP contribution in [0.4, 0.5) is 5.69 Å². The van der Waals surface area contributed by atoms with Crippen molar-refractivity contribution in [1.29, 1.82) is 0 Å². The largest absolute Gasteiger partial charge is 0.466 e. The van der Waals surface area contributed by atoms with Crippen molar-refractivity contribution in [1.82, 2.24) is 10.3 Å². The molecular formula is C27H27N3O4. The first kappa shape index (κ1) is 23.0. The standard InChI is InChI=1S/C27H27N3O4/c1-16-13-23(18(3)33-16)26(32)29-22-12-8-11-21(14-22)27-30-24(19(4)34-27)15-28-25(31)17(2)20-9-6-5-7-10-20/h5-14,17H,15H2,1-4H3,(H,28,31)(H,29,32)/t17-/m0/s1. The van der Waals surface area contributed by atoms with Gasteiger partial charge in [0.15, 0.2) is 0 Å². The van der Waals surface area contributed by atoms with E-state index in [1.807, 2.05) is 56.3 Å². The smallest absolute Gasteiger partial charge is 0.259 e. The maximum atomic E-state index is 12.6. The molecule has 2 heterocycles. The Morgan fingerprint density at radius 3 is 2.41 bits per heavy atom. The van der Waals surface area contributed by atoms with Gasteiger partial charge in [-0.05, 0) is 57.5 Å². The van der Waals surface area contributed by atoms with E-state index in [4.69, 9.17) is 8.83 Å². The fourth-order valence-electron chi connectivity index (χ4n) is 3.72. The SMILES string of the molecule is Cc1cc(C(=O)Nc2cccc(-c3nc(CNC(=O)[C@@H](C)c4ccccc4)c(C)o3)c2)c(C)o1. The predicted molar refractivity (Wildman–Crippen MR) is 130 cm³/mol. The highest BCUT2D eigenvalue weighted by Crippen LogP contribution is 2.25. The summed E-state index contributed by atoms with van der Waals surface area (Å²) in [6.45, 7) is 7.51. The summed E-state index contributed by atoms with van der Waals surface area (Å²) in [6, 6.07) is 18.6. The minimum Gasteiger partial charge on any atom is -0.466 e. The van der Waals surface area contributed by atoms with Crippen LogP contribution in [0.15, 0.2) is 69.5 Å². The quantitative estimate of drug-likeness (QED) is 0.380. The summed E-state index contributed by atoms with van der Waals surface area (Å²) in [5.41, 5.74) is 3.44. The molecule has 4 rings (SSSR count). The van der Waals surface area contributed by atoms with Crippen LogP contribution in [-0.4, -0.2) is 16.8 Å². The summed E-state index contributed by atoms with van der Waals surface area (Å²) < 4.78 is 11.3. The first-order valence-corrected chi connectivity index (χ1v) is 11.1. The first-order chi connectivity index (χ1) is 16.3. The molecule has 0 spiro atoms. The number of aromatic nitrogens is 1. The molecule has 34 heavy (non-hydrogen) atoms. The first-order valence-electron chi connectivity index (χ1n) is 11.1. The molecule has 174 valence electrons. The van der Waals surface area contributed by atoms with Crippen molar-refractivity contribution < 1.29 is 18.4 Å². The number of oxazole rings is 1. The Labute approximate surface area is 198 Å². The number of carbonyl (C=O) groups excluding carboxylic acids is 2. The Balaban J connectivity index is 1.44. The zero-order chi connectivity index (χ0) is 24.2. The predicted octanol–water partition coefficient (Wildman–Crippen LogP) is 5.53. The van der Waals surface area contributed by atoms with E-state index >= 15 is 0 Å². The van der Waals surface area contributed by atoms with Crippen LogP contribution in [0.2, 0.25) is 0 Å². The molecule has 2 aromatic carbocycles. The van der Waals surface area contributed by atoms with Crippen molar-refractivity contribution in [2.45, 2.75) is 40.2 Å². The van der Waals surface area contributed by atoms with E-state index in [-0.39, 0.29) is 24.3 Å².